The molecular formula is C19H29NO5S. The highest BCUT2D eigenvalue weighted by atomic mass is 32.2. The van der Waals surface area contributed by atoms with Crippen LogP contribution >= 0.6 is 0 Å². The van der Waals surface area contributed by atoms with Crippen LogP contribution in [-0.4, -0.2) is 59.9 Å². The third-order valence-electron chi connectivity index (χ3n) is 5.78. The second-order valence-corrected chi connectivity index (χ2v) is 10.1. The highest BCUT2D eigenvalue weighted by Crippen LogP contribution is 2.40. The number of benzene rings is 1. The van der Waals surface area contributed by atoms with E-state index in [-0.39, 0.29) is 6.61 Å². The molecule has 146 valence electrons. The Hall–Kier alpha value is -0.990. The van der Waals surface area contributed by atoms with Gasteiger partial charge in [-0.15, -0.1) is 0 Å². The fraction of sp³-hybridized carbons (Fsp3) is 0.684. The van der Waals surface area contributed by atoms with Crippen molar-refractivity contribution in [1.82, 2.24) is 4.31 Å². The lowest BCUT2D eigenvalue weighted by Crippen LogP contribution is -2.59. The number of hydrogen-bond acceptors (Lipinski definition) is 5. The van der Waals surface area contributed by atoms with Gasteiger partial charge in [0.1, 0.15) is 6.10 Å². The number of aliphatic hydroxyl groups is 2. The van der Waals surface area contributed by atoms with Gasteiger partial charge in [0.05, 0.1) is 22.7 Å². The molecule has 7 heteroatoms. The molecule has 1 spiro atoms. The van der Waals surface area contributed by atoms with Crippen LogP contribution in [0.5, 0.6) is 0 Å². The molecule has 0 aliphatic carbocycles. The Morgan fingerprint density at radius 3 is 2.19 bits per heavy atom. The molecule has 2 fully saturated rings. The van der Waals surface area contributed by atoms with Gasteiger partial charge in [-0.25, -0.2) is 8.42 Å². The summed E-state index contributed by atoms with van der Waals surface area (Å²) in [6.45, 7) is 8.02. The zero-order valence-electron chi connectivity index (χ0n) is 15.9. The van der Waals surface area contributed by atoms with E-state index in [1.54, 1.807) is 6.92 Å². The normalized spacial score (nSPS) is 29.8. The maximum Gasteiger partial charge on any atom is 0.243 e. The number of sulfonamides is 1. The first-order valence-electron chi connectivity index (χ1n) is 9.09. The lowest BCUT2D eigenvalue weighted by atomic mass is 9.77. The second-order valence-electron chi connectivity index (χ2n) is 8.18. The Morgan fingerprint density at radius 2 is 1.69 bits per heavy atom. The van der Waals surface area contributed by atoms with Crippen LogP contribution in [0.15, 0.2) is 17.0 Å². The Balaban J connectivity index is 1.80. The average Bonchev–Trinajstić information content (AvgIpc) is 2.50. The van der Waals surface area contributed by atoms with E-state index in [0.29, 0.717) is 37.2 Å². The molecule has 0 amide bonds. The first-order chi connectivity index (χ1) is 12.0. The molecule has 1 aromatic carbocycles. The van der Waals surface area contributed by atoms with Crippen LogP contribution in [0, 0.1) is 20.8 Å². The second kappa shape index (κ2) is 6.56. The maximum atomic E-state index is 13.2. The third-order valence-corrected chi connectivity index (χ3v) is 7.99. The molecule has 26 heavy (non-hydrogen) atoms. The zero-order valence-corrected chi connectivity index (χ0v) is 16.8. The van der Waals surface area contributed by atoms with E-state index in [4.69, 9.17) is 4.74 Å². The Morgan fingerprint density at radius 1 is 1.15 bits per heavy atom. The van der Waals surface area contributed by atoms with Gasteiger partial charge in [0.25, 0.3) is 0 Å². The minimum Gasteiger partial charge on any atom is -0.388 e. The Labute approximate surface area is 155 Å². The Bertz CT molecular complexity index is 771. The highest BCUT2D eigenvalue weighted by Gasteiger charge is 2.49. The standard InChI is InChI=1S/C19H29NO5S/c1-13-9-14(2)17(15(3)10-13)26(23,24)20-7-5-19(6-8-20)12-18(4,22)16(21)11-25-19/h9-10,16,21-22H,5-8,11-12H2,1-4H3/t16-,18-/m0/s1. The third kappa shape index (κ3) is 3.43. The van der Waals surface area contributed by atoms with E-state index in [9.17, 15) is 18.6 Å². The van der Waals surface area contributed by atoms with Crippen molar-refractivity contribution in [3.8, 4) is 0 Å². The largest absolute Gasteiger partial charge is 0.388 e. The van der Waals surface area contributed by atoms with Gasteiger partial charge >= 0.3 is 0 Å². The predicted octanol–water partition coefficient (Wildman–Crippen LogP) is 1.67. The minimum absolute atomic E-state index is 0.0793. The SMILES string of the molecule is Cc1cc(C)c(S(=O)(=O)N2CCC3(CC2)C[C@](C)(O)[C@@H](O)CO3)c(C)c1. The molecule has 0 unspecified atom stereocenters. The minimum atomic E-state index is -3.57. The first-order valence-corrected chi connectivity index (χ1v) is 10.5. The van der Waals surface area contributed by atoms with E-state index >= 15 is 0 Å². The monoisotopic (exact) mass is 383 g/mol. The molecule has 1 aromatic rings. The lowest BCUT2D eigenvalue weighted by molar-refractivity contribution is -0.220. The number of nitrogens with zero attached hydrogens (tertiary/aromatic N) is 1. The van der Waals surface area contributed by atoms with Crippen LogP contribution in [0.2, 0.25) is 0 Å². The Kier molecular flexibility index (Phi) is 4.99. The quantitative estimate of drug-likeness (QED) is 0.811. The van der Waals surface area contributed by atoms with Gasteiger partial charge in [0, 0.05) is 19.5 Å². The van der Waals surface area contributed by atoms with Crippen molar-refractivity contribution < 1.29 is 23.4 Å². The highest BCUT2D eigenvalue weighted by molar-refractivity contribution is 7.89. The van der Waals surface area contributed by atoms with Gasteiger partial charge < -0.3 is 14.9 Å². The molecule has 6 nitrogen and oxygen atoms in total. The summed E-state index contributed by atoms with van der Waals surface area (Å²) >= 11 is 0. The average molecular weight is 384 g/mol. The summed E-state index contributed by atoms with van der Waals surface area (Å²) in [4.78, 5) is 0.394. The summed E-state index contributed by atoms with van der Waals surface area (Å²) in [5.41, 5.74) is 0.814. The molecule has 0 radical (unpaired) electrons. The van der Waals surface area contributed by atoms with Crippen LogP contribution in [0.25, 0.3) is 0 Å². The summed E-state index contributed by atoms with van der Waals surface area (Å²) in [6, 6.07) is 3.79. The summed E-state index contributed by atoms with van der Waals surface area (Å²) in [6.07, 6.45) is 0.434. The van der Waals surface area contributed by atoms with Crippen molar-refractivity contribution in [3.05, 3.63) is 28.8 Å². The lowest BCUT2D eigenvalue weighted by Gasteiger charge is -2.49. The van der Waals surface area contributed by atoms with Gasteiger partial charge in [-0.05, 0) is 51.7 Å². The van der Waals surface area contributed by atoms with Gasteiger partial charge in [0.2, 0.25) is 10.0 Å². The fourth-order valence-electron chi connectivity index (χ4n) is 4.41. The molecule has 0 saturated carbocycles. The van der Waals surface area contributed by atoms with Crippen molar-refractivity contribution in [2.24, 2.45) is 0 Å². The van der Waals surface area contributed by atoms with Crippen molar-refractivity contribution in [2.75, 3.05) is 19.7 Å². The van der Waals surface area contributed by atoms with Gasteiger partial charge in [-0.3, -0.25) is 0 Å². The van der Waals surface area contributed by atoms with Crippen molar-refractivity contribution in [2.45, 2.75) is 69.2 Å². The number of aliphatic hydroxyl groups excluding tert-OH is 1. The first kappa shape index (κ1) is 19.8. The molecule has 3 rings (SSSR count). The van der Waals surface area contributed by atoms with Gasteiger partial charge in [-0.1, -0.05) is 17.7 Å². The summed E-state index contributed by atoms with van der Waals surface area (Å²) in [7, 11) is -3.57. The van der Waals surface area contributed by atoms with Crippen LogP contribution < -0.4 is 0 Å². The van der Waals surface area contributed by atoms with E-state index in [2.05, 4.69) is 0 Å². The predicted molar refractivity (Wildman–Crippen MR) is 98.6 cm³/mol. The molecule has 2 aliphatic rings. The van der Waals surface area contributed by atoms with Crippen molar-refractivity contribution in [3.63, 3.8) is 0 Å². The number of hydrogen-bond donors (Lipinski definition) is 2. The smallest absolute Gasteiger partial charge is 0.243 e. The van der Waals surface area contributed by atoms with E-state index < -0.39 is 27.3 Å². The molecule has 2 heterocycles. The molecule has 2 aliphatic heterocycles. The van der Waals surface area contributed by atoms with Crippen LogP contribution in [0.1, 0.15) is 42.9 Å². The molecule has 0 aromatic heterocycles. The van der Waals surface area contributed by atoms with E-state index in [0.717, 1.165) is 16.7 Å². The van der Waals surface area contributed by atoms with Crippen LogP contribution in [0.4, 0.5) is 0 Å². The summed E-state index contributed by atoms with van der Waals surface area (Å²) in [5, 5.41) is 20.3. The van der Waals surface area contributed by atoms with Crippen molar-refractivity contribution in [1.29, 1.82) is 0 Å². The fourth-order valence-corrected chi connectivity index (χ4v) is 6.27. The van der Waals surface area contributed by atoms with E-state index in [1.165, 1.54) is 4.31 Å². The van der Waals surface area contributed by atoms with Gasteiger partial charge in [0.15, 0.2) is 0 Å². The van der Waals surface area contributed by atoms with E-state index in [1.807, 2.05) is 32.9 Å². The topological polar surface area (TPSA) is 87.1 Å². The zero-order chi connectivity index (χ0) is 19.3. The van der Waals surface area contributed by atoms with Crippen LogP contribution in [0.3, 0.4) is 0 Å². The number of rotatable bonds is 2. The molecule has 2 saturated heterocycles. The maximum absolute atomic E-state index is 13.2. The number of aryl methyl sites for hydroxylation is 3. The molecule has 2 N–H and O–H groups in total. The molecule has 2 atom stereocenters. The van der Waals surface area contributed by atoms with Crippen molar-refractivity contribution >= 4 is 10.0 Å². The molecular weight excluding hydrogens is 354 g/mol. The number of piperidine rings is 1. The van der Waals surface area contributed by atoms with Gasteiger partial charge in [-0.2, -0.15) is 4.31 Å². The van der Waals surface area contributed by atoms with Crippen LogP contribution in [-0.2, 0) is 14.8 Å². The molecule has 0 bridgehead atoms. The summed E-state index contributed by atoms with van der Waals surface area (Å²) < 4.78 is 33.7. The summed E-state index contributed by atoms with van der Waals surface area (Å²) in [5.74, 6) is 0. The number of ether oxygens (including phenoxy) is 1.